The van der Waals surface area contributed by atoms with Crippen LogP contribution in [0.25, 0.3) is 10.6 Å². The van der Waals surface area contributed by atoms with E-state index in [-0.39, 0.29) is 53.4 Å². The minimum absolute atomic E-state index is 0.0699. The number of methoxy groups -OCH3 is 2. The Balaban J connectivity index is 0.000000189. The number of nitrogens with one attached hydrogen (secondary N) is 4. The molecule has 0 spiro atoms. The number of halogens is 4. The van der Waals surface area contributed by atoms with Gasteiger partial charge in [-0.15, -0.1) is 10.2 Å². The van der Waals surface area contributed by atoms with Gasteiger partial charge in [0.2, 0.25) is 16.9 Å². The SMILES string of the molecule is COc1cc(F)c([C@@H]2CNC(=O)[C@H]2Nc2nnc(-c3ccc(C)cc3)s2)c(F)c1.COc1cc(F)c([C@@H]2CNC(=O)[C@H]2SC#N)c(F)c1.Cc1ccc(C(=O)NN)cc1. The third kappa shape index (κ3) is 10.6. The number of benzene rings is 4. The van der Waals surface area contributed by atoms with Crippen molar-refractivity contribution in [3.05, 3.63) is 124 Å². The first kappa shape index (κ1) is 43.9. The maximum atomic E-state index is 14.5. The van der Waals surface area contributed by atoms with E-state index < -0.39 is 46.4 Å². The Morgan fingerprint density at radius 3 is 1.81 bits per heavy atom. The minimum Gasteiger partial charge on any atom is -0.497 e. The van der Waals surface area contributed by atoms with Crippen LogP contribution in [0, 0.1) is 47.8 Å². The number of aryl methyl sites for hydroxylation is 2. The van der Waals surface area contributed by atoms with Gasteiger partial charge in [-0.2, -0.15) is 5.26 Å². The number of amides is 3. The molecule has 5 aromatic rings. The first-order chi connectivity index (χ1) is 28.3. The van der Waals surface area contributed by atoms with Crippen LogP contribution in [0.3, 0.4) is 0 Å². The molecule has 19 heteroatoms. The zero-order valence-electron chi connectivity index (χ0n) is 31.9. The quantitative estimate of drug-likeness (QED) is 0.0392. The van der Waals surface area contributed by atoms with E-state index >= 15 is 0 Å². The lowest BCUT2D eigenvalue weighted by atomic mass is 9.93. The van der Waals surface area contributed by atoms with Crippen LogP contribution in [-0.2, 0) is 9.59 Å². The molecule has 2 fully saturated rings. The Labute approximate surface area is 344 Å². The van der Waals surface area contributed by atoms with Crippen LogP contribution in [0.4, 0.5) is 22.7 Å². The molecule has 0 unspecified atom stereocenters. The summed E-state index contributed by atoms with van der Waals surface area (Å²) < 4.78 is 66.6. The number of carbonyl (C=O) groups is 3. The molecule has 2 saturated heterocycles. The predicted octanol–water partition coefficient (Wildman–Crippen LogP) is 5.86. The molecule has 7 rings (SSSR count). The maximum absolute atomic E-state index is 14.5. The van der Waals surface area contributed by atoms with E-state index in [0.717, 1.165) is 41.0 Å². The molecule has 2 aliphatic heterocycles. The number of thioether (sulfide) groups is 1. The Hall–Kier alpha value is -6.23. The minimum atomic E-state index is -0.869. The Bertz CT molecular complexity index is 2300. The molecule has 13 nitrogen and oxygen atoms in total. The van der Waals surface area contributed by atoms with Crippen molar-refractivity contribution in [3.8, 4) is 27.5 Å². The van der Waals surface area contributed by atoms with Gasteiger partial charge in [-0.1, -0.05) is 58.9 Å². The lowest BCUT2D eigenvalue weighted by Crippen LogP contribution is -2.33. The average Bonchev–Trinajstić information content (AvgIpc) is 3.94. The third-order valence-electron chi connectivity index (χ3n) is 9.25. The summed E-state index contributed by atoms with van der Waals surface area (Å²) >= 11 is 1.98. The Morgan fingerprint density at radius 1 is 0.814 bits per heavy atom. The van der Waals surface area contributed by atoms with Gasteiger partial charge in [0.15, 0.2) is 0 Å². The van der Waals surface area contributed by atoms with Gasteiger partial charge in [0.25, 0.3) is 5.91 Å². The fourth-order valence-electron chi connectivity index (χ4n) is 6.18. The number of thiocyanates is 1. The van der Waals surface area contributed by atoms with E-state index in [4.69, 9.17) is 20.6 Å². The van der Waals surface area contributed by atoms with Gasteiger partial charge < -0.3 is 25.4 Å². The van der Waals surface area contributed by atoms with Crippen LogP contribution in [0.2, 0.25) is 0 Å². The highest BCUT2D eigenvalue weighted by molar-refractivity contribution is 8.05. The summed E-state index contributed by atoms with van der Waals surface area (Å²) in [6, 6.07) is 18.5. The van der Waals surface area contributed by atoms with E-state index in [1.807, 2.05) is 50.2 Å². The monoisotopic (exact) mass is 850 g/mol. The molecule has 4 aromatic carbocycles. The molecule has 1 aromatic heterocycles. The number of aromatic nitrogens is 2. The molecular formula is C40H38F4N8O5S2. The van der Waals surface area contributed by atoms with Crippen molar-refractivity contribution < 1.29 is 41.4 Å². The summed E-state index contributed by atoms with van der Waals surface area (Å²) in [6.45, 7) is 4.18. The van der Waals surface area contributed by atoms with Crippen LogP contribution in [0.15, 0.2) is 72.8 Å². The van der Waals surface area contributed by atoms with E-state index in [9.17, 15) is 31.9 Å². The second-order valence-electron chi connectivity index (χ2n) is 13.1. The maximum Gasteiger partial charge on any atom is 0.265 e. The zero-order valence-corrected chi connectivity index (χ0v) is 33.6. The van der Waals surface area contributed by atoms with Crippen LogP contribution in [0.5, 0.6) is 11.5 Å². The number of hydrogen-bond donors (Lipinski definition) is 5. The highest BCUT2D eigenvalue weighted by Crippen LogP contribution is 2.37. The number of nitriles is 1. The number of nitrogen functional groups attached to an aromatic ring is 1. The standard InChI is InChI=1S/C20H18F2N4O2S.C12H10F2N2O2S.C8H10N2O/c1-10-3-5-11(6-4-10)19-25-26-20(29-19)24-17-13(9-23-18(17)27)16-14(21)7-12(28-2)8-15(16)22;1-18-6-2-8(13)10(9(14)3-6)7-4-16-12(17)11(7)19-5-15;1-6-2-4-7(5-3-6)8(11)10-9/h3-8,13,17H,9H2,1-2H3,(H,23,27)(H,24,26);2-3,7,11H,4H2,1H3,(H,16,17);2-5H,9H2,1H3,(H,10,11)/t13-,17-;7-,11-;/m00./s1. The fourth-order valence-corrected chi connectivity index (χ4v) is 7.67. The number of rotatable bonds is 9. The van der Waals surface area contributed by atoms with E-state index in [2.05, 4.69) is 31.6 Å². The van der Waals surface area contributed by atoms with Crippen molar-refractivity contribution in [2.45, 2.75) is 37.0 Å². The summed E-state index contributed by atoms with van der Waals surface area (Å²) in [5.74, 6) is -0.406. The Morgan fingerprint density at radius 2 is 1.31 bits per heavy atom. The summed E-state index contributed by atoms with van der Waals surface area (Å²) in [5, 5.41) is 27.1. The molecule has 0 bridgehead atoms. The van der Waals surface area contributed by atoms with Crippen molar-refractivity contribution >= 4 is 46.0 Å². The normalized spacial score (nSPS) is 17.9. The molecular weight excluding hydrogens is 813 g/mol. The van der Waals surface area contributed by atoms with Gasteiger partial charge in [-0.3, -0.25) is 19.8 Å². The number of nitrogens with zero attached hydrogens (tertiary/aromatic N) is 3. The average molecular weight is 851 g/mol. The summed E-state index contributed by atoms with van der Waals surface area (Å²) in [5.41, 5.74) is 5.45. The topological polar surface area (TPSA) is 193 Å². The van der Waals surface area contributed by atoms with Crippen LogP contribution < -0.4 is 36.7 Å². The van der Waals surface area contributed by atoms with Crippen molar-refractivity contribution in [1.82, 2.24) is 26.3 Å². The molecule has 308 valence electrons. The van der Waals surface area contributed by atoms with E-state index in [1.54, 1.807) is 17.5 Å². The van der Waals surface area contributed by atoms with Gasteiger partial charge in [0, 0.05) is 71.4 Å². The Kier molecular flexibility index (Phi) is 14.8. The third-order valence-corrected chi connectivity index (χ3v) is 11.1. The first-order valence-corrected chi connectivity index (χ1v) is 19.4. The van der Waals surface area contributed by atoms with Gasteiger partial charge >= 0.3 is 0 Å². The molecule has 59 heavy (non-hydrogen) atoms. The number of anilines is 1. The van der Waals surface area contributed by atoms with Crippen molar-refractivity contribution in [2.24, 2.45) is 5.84 Å². The van der Waals surface area contributed by atoms with Crippen molar-refractivity contribution in [1.29, 1.82) is 5.26 Å². The van der Waals surface area contributed by atoms with E-state index in [0.29, 0.717) is 27.5 Å². The van der Waals surface area contributed by atoms with Crippen LogP contribution in [-0.4, -0.2) is 66.5 Å². The van der Waals surface area contributed by atoms with Gasteiger partial charge in [-0.25, -0.2) is 23.4 Å². The largest absolute Gasteiger partial charge is 0.497 e. The van der Waals surface area contributed by atoms with Gasteiger partial charge in [0.05, 0.1) is 14.2 Å². The molecule has 0 saturated carbocycles. The number of hydrazine groups is 1. The molecule has 0 aliphatic carbocycles. The van der Waals surface area contributed by atoms with Crippen molar-refractivity contribution in [2.75, 3.05) is 32.6 Å². The highest BCUT2D eigenvalue weighted by atomic mass is 32.2. The second-order valence-corrected chi connectivity index (χ2v) is 15.0. The predicted molar refractivity (Wildman–Crippen MR) is 215 cm³/mol. The van der Waals surface area contributed by atoms with Crippen LogP contribution in [0.1, 0.15) is 44.4 Å². The molecule has 3 heterocycles. The lowest BCUT2D eigenvalue weighted by Gasteiger charge is -2.19. The molecule has 3 amide bonds. The summed E-state index contributed by atoms with van der Waals surface area (Å²) in [6.07, 6.45) is 0. The number of ether oxygens (including phenoxy) is 2. The van der Waals surface area contributed by atoms with Gasteiger partial charge in [0.1, 0.15) is 56.5 Å². The molecule has 4 atom stereocenters. The molecule has 0 radical (unpaired) electrons. The summed E-state index contributed by atoms with van der Waals surface area (Å²) in [4.78, 5) is 34.8. The number of carbonyl (C=O) groups excluding carboxylic acids is 3. The first-order valence-electron chi connectivity index (χ1n) is 17.7. The summed E-state index contributed by atoms with van der Waals surface area (Å²) in [7, 11) is 2.64. The number of hydrogen-bond acceptors (Lipinski definition) is 12. The van der Waals surface area contributed by atoms with Crippen molar-refractivity contribution in [3.63, 3.8) is 0 Å². The lowest BCUT2D eigenvalue weighted by molar-refractivity contribution is -0.120. The second kappa shape index (κ2) is 20.0. The van der Waals surface area contributed by atoms with E-state index in [1.165, 1.54) is 25.6 Å². The van der Waals surface area contributed by atoms with Gasteiger partial charge in [-0.05, 0) is 37.7 Å². The smallest absolute Gasteiger partial charge is 0.265 e. The fraction of sp³-hybridized carbons (Fsp3) is 0.250. The zero-order chi connectivity index (χ0) is 42.8. The molecule has 2 aliphatic rings. The highest BCUT2D eigenvalue weighted by Gasteiger charge is 2.41. The number of nitrogens with two attached hydrogens (primary N) is 1. The van der Waals surface area contributed by atoms with Crippen LogP contribution >= 0.6 is 23.1 Å². The molecule has 6 N–H and O–H groups in total.